The normalized spacial score (nSPS) is 9.94. The lowest BCUT2D eigenvalue weighted by atomic mass is 9.96. The molecule has 7 nitrogen and oxygen atoms in total. The van der Waals surface area contributed by atoms with Gasteiger partial charge in [-0.15, -0.1) is 0 Å². The third kappa shape index (κ3) is 5.55. The van der Waals surface area contributed by atoms with Crippen molar-refractivity contribution in [1.29, 1.82) is 5.26 Å². The van der Waals surface area contributed by atoms with Crippen molar-refractivity contribution >= 4 is 29.2 Å². The lowest BCUT2D eigenvalue weighted by molar-refractivity contribution is -0.119. The molecule has 0 saturated heterocycles. The topological polar surface area (TPSA) is 108 Å². The maximum atomic E-state index is 12.6. The van der Waals surface area contributed by atoms with E-state index >= 15 is 0 Å². The van der Waals surface area contributed by atoms with Gasteiger partial charge >= 0.3 is 5.97 Å². The smallest absolute Gasteiger partial charge is 0.339 e. The summed E-state index contributed by atoms with van der Waals surface area (Å²) < 4.78 is 5.19. The number of carbonyl (C=O) groups is 3. The molecular formula is C24H19N3O4. The fourth-order valence-corrected chi connectivity index (χ4v) is 3.00. The number of benzene rings is 3. The molecule has 2 N–H and O–H groups in total. The standard InChI is InChI=1S/C24H19N3O4/c1-16(28)26-18-8-6-9-19(13-18)27-23(29)15-31-24(30)22-12-5-4-11-21(22)20-10-3-2-7-17(20)14-25/h2-13H,15H2,1H3,(H,26,28)(H,27,29). The molecule has 0 bridgehead atoms. The van der Waals surface area contributed by atoms with E-state index in [2.05, 4.69) is 16.7 Å². The van der Waals surface area contributed by atoms with Gasteiger partial charge in [-0.25, -0.2) is 4.79 Å². The Kier molecular flexibility index (Phi) is 6.76. The van der Waals surface area contributed by atoms with Crippen LogP contribution in [0.1, 0.15) is 22.8 Å². The minimum absolute atomic E-state index is 0.228. The van der Waals surface area contributed by atoms with Crippen molar-refractivity contribution in [2.24, 2.45) is 0 Å². The zero-order chi connectivity index (χ0) is 22.2. The van der Waals surface area contributed by atoms with E-state index in [1.165, 1.54) is 6.92 Å². The number of rotatable bonds is 6. The maximum Gasteiger partial charge on any atom is 0.339 e. The van der Waals surface area contributed by atoms with E-state index in [4.69, 9.17) is 4.74 Å². The second kappa shape index (κ2) is 9.85. The Morgan fingerprint density at radius 1 is 0.871 bits per heavy atom. The molecule has 3 rings (SSSR count). The van der Waals surface area contributed by atoms with Crippen LogP contribution in [0.25, 0.3) is 11.1 Å². The van der Waals surface area contributed by atoms with E-state index in [0.29, 0.717) is 28.1 Å². The first-order valence-electron chi connectivity index (χ1n) is 9.41. The molecule has 154 valence electrons. The number of nitrogens with zero attached hydrogens (tertiary/aromatic N) is 1. The lowest BCUT2D eigenvalue weighted by Gasteiger charge is -2.11. The molecule has 0 aliphatic heterocycles. The van der Waals surface area contributed by atoms with Crippen LogP contribution in [0.4, 0.5) is 11.4 Å². The predicted molar refractivity (Wildman–Crippen MR) is 116 cm³/mol. The zero-order valence-electron chi connectivity index (χ0n) is 16.7. The molecule has 0 fully saturated rings. The molecule has 0 heterocycles. The Morgan fingerprint density at radius 2 is 1.52 bits per heavy atom. The van der Waals surface area contributed by atoms with Gasteiger partial charge in [0.1, 0.15) is 0 Å². The van der Waals surface area contributed by atoms with E-state index < -0.39 is 18.5 Å². The molecule has 0 spiro atoms. The van der Waals surface area contributed by atoms with Crippen LogP contribution in [0, 0.1) is 11.3 Å². The summed E-state index contributed by atoms with van der Waals surface area (Å²) in [6, 6.07) is 22.4. The van der Waals surface area contributed by atoms with Crippen LogP contribution in [0.15, 0.2) is 72.8 Å². The van der Waals surface area contributed by atoms with E-state index in [1.54, 1.807) is 72.8 Å². The summed E-state index contributed by atoms with van der Waals surface area (Å²) in [5, 5.41) is 14.6. The van der Waals surface area contributed by atoms with Crippen molar-refractivity contribution in [2.75, 3.05) is 17.2 Å². The number of carbonyl (C=O) groups excluding carboxylic acids is 3. The molecule has 0 unspecified atom stereocenters. The third-order valence-electron chi connectivity index (χ3n) is 4.29. The Hall–Kier alpha value is -4.44. The molecule has 0 saturated carbocycles. The number of amides is 2. The van der Waals surface area contributed by atoms with Gasteiger partial charge in [-0.2, -0.15) is 5.26 Å². The second-order valence-electron chi connectivity index (χ2n) is 6.59. The van der Waals surface area contributed by atoms with E-state index in [-0.39, 0.29) is 11.5 Å². The number of hydrogen-bond donors (Lipinski definition) is 2. The number of anilines is 2. The molecule has 0 aromatic heterocycles. The van der Waals surface area contributed by atoms with Crippen LogP contribution >= 0.6 is 0 Å². The van der Waals surface area contributed by atoms with Crippen LogP contribution in [-0.2, 0) is 14.3 Å². The zero-order valence-corrected chi connectivity index (χ0v) is 16.7. The van der Waals surface area contributed by atoms with Gasteiger partial charge in [-0.3, -0.25) is 9.59 Å². The first-order chi connectivity index (χ1) is 15.0. The monoisotopic (exact) mass is 413 g/mol. The van der Waals surface area contributed by atoms with Gasteiger partial charge in [0, 0.05) is 23.9 Å². The molecular weight excluding hydrogens is 394 g/mol. The minimum atomic E-state index is -0.675. The van der Waals surface area contributed by atoms with Gasteiger partial charge in [-0.1, -0.05) is 42.5 Å². The number of nitrogens with one attached hydrogen (secondary N) is 2. The average molecular weight is 413 g/mol. The molecule has 3 aromatic carbocycles. The second-order valence-corrected chi connectivity index (χ2v) is 6.59. The lowest BCUT2D eigenvalue weighted by Crippen LogP contribution is -2.21. The third-order valence-corrected chi connectivity index (χ3v) is 4.29. The van der Waals surface area contributed by atoms with Crippen molar-refractivity contribution in [3.05, 3.63) is 83.9 Å². The molecule has 0 aliphatic carbocycles. The van der Waals surface area contributed by atoms with Gasteiger partial charge < -0.3 is 15.4 Å². The minimum Gasteiger partial charge on any atom is -0.452 e. The Bertz CT molecular complexity index is 1180. The quantitative estimate of drug-likeness (QED) is 0.594. The number of esters is 1. The maximum absolute atomic E-state index is 12.6. The van der Waals surface area contributed by atoms with Crippen LogP contribution in [0.3, 0.4) is 0 Å². The predicted octanol–water partition coefficient (Wildman–Crippen LogP) is 3.98. The highest BCUT2D eigenvalue weighted by Gasteiger charge is 2.17. The summed E-state index contributed by atoms with van der Waals surface area (Å²) in [5.41, 5.74) is 2.83. The highest BCUT2D eigenvalue weighted by Crippen LogP contribution is 2.27. The van der Waals surface area contributed by atoms with Gasteiger partial charge in [0.05, 0.1) is 17.2 Å². The molecule has 3 aromatic rings. The van der Waals surface area contributed by atoms with Crippen LogP contribution in [-0.4, -0.2) is 24.4 Å². The number of ether oxygens (including phenoxy) is 1. The van der Waals surface area contributed by atoms with Gasteiger partial charge in [0.2, 0.25) is 5.91 Å². The molecule has 31 heavy (non-hydrogen) atoms. The Morgan fingerprint density at radius 3 is 2.23 bits per heavy atom. The van der Waals surface area contributed by atoms with Crippen molar-refractivity contribution in [1.82, 2.24) is 0 Å². The largest absolute Gasteiger partial charge is 0.452 e. The number of nitriles is 1. The van der Waals surface area contributed by atoms with E-state index in [1.807, 2.05) is 0 Å². The van der Waals surface area contributed by atoms with Crippen molar-refractivity contribution in [3.8, 4) is 17.2 Å². The highest BCUT2D eigenvalue weighted by atomic mass is 16.5. The SMILES string of the molecule is CC(=O)Nc1cccc(NC(=O)COC(=O)c2ccccc2-c2ccccc2C#N)c1. The van der Waals surface area contributed by atoms with Gasteiger partial charge in [-0.05, 0) is 35.9 Å². The summed E-state index contributed by atoms with van der Waals surface area (Å²) in [6.45, 7) is 0.898. The van der Waals surface area contributed by atoms with Gasteiger partial charge in [0.15, 0.2) is 6.61 Å². The molecule has 0 atom stereocenters. The Labute approximate surface area is 179 Å². The summed E-state index contributed by atoms with van der Waals surface area (Å²) in [7, 11) is 0. The molecule has 0 aliphatic rings. The van der Waals surface area contributed by atoms with E-state index in [9.17, 15) is 19.6 Å². The van der Waals surface area contributed by atoms with Crippen molar-refractivity contribution in [3.63, 3.8) is 0 Å². The average Bonchev–Trinajstić information content (AvgIpc) is 2.77. The Balaban J connectivity index is 1.69. The highest BCUT2D eigenvalue weighted by molar-refractivity contribution is 6.00. The van der Waals surface area contributed by atoms with Crippen LogP contribution < -0.4 is 10.6 Å². The van der Waals surface area contributed by atoms with Crippen LogP contribution in [0.5, 0.6) is 0 Å². The fraction of sp³-hybridized carbons (Fsp3) is 0.0833. The van der Waals surface area contributed by atoms with Crippen LogP contribution in [0.2, 0.25) is 0 Å². The fourth-order valence-electron chi connectivity index (χ4n) is 3.00. The summed E-state index contributed by atoms with van der Waals surface area (Å²) in [5.74, 6) is -1.43. The first-order valence-corrected chi connectivity index (χ1v) is 9.41. The van der Waals surface area contributed by atoms with Crippen molar-refractivity contribution < 1.29 is 19.1 Å². The van der Waals surface area contributed by atoms with Gasteiger partial charge in [0.25, 0.3) is 5.91 Å². The molecule has 2 amide bonds. The van der Waals surface area contributed by atoms with E-state index in [0.717, 1.165) is 0 Å². The van der Waals surface area contributed by atoms with Crippen molar-refractivity contribution in [2.45, 2.75) is 6.92 Å². The summed E-state index contributed by atoms with van der Waals surface area (Å²) in [6.07, 6.45) is 0. The summed E-state index contributed by atoms with van der Waals surface area (Å²) in [4.78, 5) is 36.0. The first kappa shape index (κ1) is 21.3. The summed E-state index contributed by atoms with van der Waals surface area (Å²) >= 11 is 0. The number of hydrogen-bond acceptors (Lipinski definition) is 5. The molecule has 7 heteroatoms. The molecule has 0 radical (unpaired) electrons.